The summed E-state index contributed by atoms with van der Waals surface area (Å²) in [5, 5.41) is 8.98. The van der Waals surface area contributed by atoms with Gasteiger partial charge in [-0.2, -0.15) is 0 Å². The SMILES string of the molecule is CCNC(=NCc1cccs1)NC1CC(C)(OC)C1(C)C.I. The molecule has 2 atom stereocenters. The molecule has 0 saturated heterocycles. The van der Waals surface area contributed by atoms with E-state index in [1.807, 2.05) is 0 Å². The monoisotopic (exact) mass is 437 g/mol. The van der Waals surface area contributed by atoms with E-state index < -0.39 is 0 Å². The summed E-state index contributed by atoms with van der Waals surface area (Å²) in [7, 11) is 1.80. The first-order valence-electron chi connectivity index (χ1n) is 7.55. The van der Waals surface area contributed by atoms with E-state index in [4.69, 9.17) is 4.74 Å². The van der Waals surface area contributed by atoms with Crippen molar-refractivity contribution in [3.05, 3.63) is 22.4 Å². The van der Waals surface area contributed by atoms with Gasteiger partial charge in [0, 0.05) is 30.0 Å². The molecule has 1 fully saturated rings. The maximum absolute atomic E-state index is 5.68. The Morgan fingerprint density at radius 1 is 1.45 bits per heavy atom. The van der Waals surface area contributed by atoms with Crippen molar-refractivity contribution in [2.75, 3.05) is 13.7 Å². The quantitative estimate of drug-likeness (QED) is 0.420. The van der Waals surface area contributed by atoms with Crippen molar-refractivity contribution < 1.29 is 4.74 Å². The number of hydrogen-bond donors (Lipinski definition) is 2. The number of aliphatic imine (C=N–C) groups is 1. The maximum Gasteiger partial charge on any atom is 0.191 e. The van der Waals surface area contributed by atoms with E-state index in [1.165, 1.54) is 4.88 Å². The van der Waals surface area contributed by atoms with Gasteiger partial charge >= 0.3 is 0 Å². The molecule has 6 heteroatoms. The van der Waals surface area contributed by atoms with Gasteiger partial charge in [0.25, 0.3) is 0 Å². The highest BCUT2D eigenvalue weighted by atomic mass is 127. The van der Waals surface area contributed by atoms with Gasteiger partial charge in [0.2, 0.25) is 0 Å². The fourth-order valence-corrected chi connectivity index (χ4v) is 3.40. The lowest BCUT2D eigenvalue weighted by molar-refractivity contribution is -0.176. The van der Waals surface area contributed by atoms with E-state index in [-0.39, 0.29) is 35.0 Å². The standard InChI is InChI=1S/C16H27N3OS.HI/c1-6-17-14(18-11-12-8-7-9-21-12)19-13-10-16(4,20-5)15(13,2)3;/h7-9,13H,6,10-11H2,1-5H3,(H2,17,18,19);1H. The lowest BCUT2D eigenvalue weighted by Gasteiger charge is -2.59. The molecule has 1 aromatic rings. The average Bonchev–Trinajstić information content (AvgIpc) is 2.97. The van der Waals surface area contributed by atoms with Crippen molar-refractivity contribution in [1.82, 2.24) is 10.6 Å². The second kappa shape index (κ2) is 7.97. The number of nitrogens with zero attached hydrogens (tertiary/aromatic N) is 1. The number of hydrogen-bond acceptors (Lipinski definition) is 3. The van der Waals surface area contributed by atoms with Gasteiger partial charge < -0.3 is 15.4 Å². The van der Waals surface area contributed by atoms with E-state index in [0.717, 1.165) is 25.5 Å². The number of thiophene rings is 1. The Bertz CT molecular complexity index is 490. The van der Waals surface area contributed by atoms with Crippen LogP contribution >= 0.6 is 35.3 Å². The van der Waals surface area contributed by atoms with Gasteiger partial charge in [-0.25, -0.2) is 4.99 Å². The smallest absolute Gasteiger partial charge is 0.191 e. The van der Waals surface area contributed by atoms with Crippen LogP contribution in [0.3, 0.4) is 0 Å². The molecule has 4 nitrogen and oxygen atoms in total. The largest absolute Gasteiger partial charge is 0.378 e. The van der Waals surface area contributed by atoms with E-state index in [9.17, 15) is 0 Å². The van der Waals surface area contributed by atoms with Crippen LogP contribution in [0.4, 0.5) is 0 Å². The molecule has 1 saturated carbocycles. The van der Waals surface area contributed by atoms with Gasteiger partial charge in [-0.3, -0.25) is 0 Å². The fraction of sp³-hybridized carbons (Fsp3) is 0.688. The highest BCUT2D eigenvalue weighted by Gasteiger charge is 2.58. The summed E-state index contributed by atoms with van der Waals surface area (Å²) >= 11 is 1.74. The molecule has 2 rings (SSSR count). The third kappa shape index (κ3) is 3.94. The Morgan fingerprint density at radius 2 is 2.18 bits per heavy atom. The molecule has 22 heavy (non-hydrogen) atoms. The molecule has 1 aliphatic carbocycles. The maximum atomic E-state index is 5.68. The fourth-order valence-electron chi connectivity index (χ4n) is 2.77. The van der Waals surface area contributed by atoms with Crippen LogP contribution in [0.2, 0.25) is 0 Å². The Labute approximate surface area is 155 Å². The van der Waals surface area contributed by atoms with Crippen LogP contribution in [0.5, 0.6) is 0 Å². The first kappa shape index (κ1) is 19.7. The molecule has 1 aliphatic rings. The highest BCUT2D eigenvalue weighted by Crippen LogP contribution is 2.51. The van der Waals surface area contributed by atoms with Crippen molar-refractivity contribution in [2.24, 2.45) is 10.4 Å². The number of guanidine groups is 1. The zero-order valence-corrected chi connectivity index (χ0v) is 17.2. The Kier molecular flexibility index (Phi) is 7.14. The predicted molar refractivity (Wildman–Crippen MR) is 105 cm³/mol. The number of halogens is 1. The number of methoxy groups -OCH3 is 1. The van der Waals surface area contributed by atoms with Gasteiger partial charge in [-0.1, -0.05) is 19.9 Å². The highest BCUT2D eigenvalue weighted by molar-refractivity contribution is 14.0. The van der Waals surface area contributed by atoms with Crippen molar-refractivity contribution in [2.45, 2.75) is 52.3 Å². The van der Waals surface area contributed by atoms with Crippen molar-refractivity contribution in [1.29, 1.82) is 0 Å². The molecular formula is C16H28IN3OS. The van der Waals surface area contributed by atoms with E-state index in [0.29, 0.717) is 6.04 Å². The van der Waals surface area contributed by atoms with Crippen LogP contribution in [0, 0.1) is 5.41 Å². The number of rotatable bonds is 5. The van der Waals surface area contributed by atoms with Crippen LogP contribution in [-0.4, -0.2) is 31.3 Å². The molecule has 2 unspecified atom stereocenters. The lowest BCUT2D eigenvalue weighted by Crippen LogP contribution is -2.69. The molecule has 1 heterocycles. The zero-order valence-electron chi connectivity index (χ0n) is 14.1. The van der Waals surface area contributed by atoms with E-state index in [1.54, 1.807) is 18.4 Å². The van der Waals surface area contributed by atoms with Gasteiger partial charge in [0.05, 0.1) is 12.1 Å². The first-order valence-corrected chi connectivity index (χ1v) is 8.43. The van der Waals surface area contributed by atoms with Crippen LogP contribution in [-0.2, 0) is 11.3 Å². The molecule has 0 aliphatic heterocycles. The summed E-state index contributed by atoms with van der Waals surface area (Å²) in [6.07, 6.45) is 1.000. The molecule has 0 radical (unpaired) electrons. The predicted octanol–water partition coefficient (Wildman–Crippen LogP) is 3.62. The average molecular weight is 437 g/mol. The molecule has 1 aromatic heterocycles. The molecular weight excluding hydrogens is 409 g/mol. The minimum absolute atomic E-state index is 0. The molecule has 0 aromatic carbocycles. The topological polar surface area (TPSA) is 45.7 Å². The van der Waals surface area contributed by atoms with Gasteiger partial charge in [-0.05, 0) is 31.7 Å². The minimum Gasteiger partial charge on any atom is -0.378 e. The Morgan fingerprint density at radius 3 is 2.68 bits per heavy atom. The summed E-state index contributed by atoms with van der Waals surface area (Å²) in [5.74, 6) is 0.891. The van der Waals surface area contributed by atoms with Crippen LogP contribution in [0.15, 0.2) is 22.5 Å². The summed E-state index contributed by atoms with van der Waals surface area (Å²) in [6.45, 7) is 10.4. The Balaban J connectivity index is 0.00000242. The zero-order chi connectivity index (χ0) is 15.5. The second-order valence-corrected chi connectivity index (χ2v) is 7.36. The number of nitrogens with one attached hydrogen (secondary N) is 2. The van der Waals surface area contributed by atoms with Crippen molar-refractivity contribution >= 4 is 41.3 Å². The normalized spacial score (nSPS) is 26.8. The van der Waals surface area contributed by atoms with E-state index in [2.05, 4.69) is 60.8 Å². The summed E-state index contributed by atoms with van der Waals surface area (Å²) in [6, 6.07) is 4.56. The van der Waals surface area contributed by atoms with Crippen LogP contribution in [0.25, 0.3) is 0 Å². The molecule has 0 bridgehead atoms. The van der Waals surface area contributed by atoms with E-state index >= 15 is 0 Å². The minimum atomic E-state index is -0.0598. The molecule has 2 N–H and O–H groups in total. The molecule has 0 amide bonds. The van der Waals surface area contributed by atoms with Gasteiger partial charge in [-0.15, -0.1) is 35.3 Å². The number of ether oxygens (including phenoxy) is 1. The second-order valence-electron chi connectivity index (χ2n) is 6.33. The molecule has 0 spiro atoms. The Hall–Kier alpha value is -0.340. The lowest BCUT2D eigenvalue weighted by atomic mass is 9.56. The van der Waals surface area contributed by atoms with Gasteiger partial charge in [0.1, 0.15) is 0 Å². The van der Waals surface area contributed by atoms with Crippen molar-refractivity contribution in [3.8, 4) is 0 Å². The van der Waals surface area contributed by atoms with Crippen LogP contribution in [0.1, 0.15) is 39.0 Å². The van der Waals surface area contributed by atoms with Gasteiger partial charge in [0.15, 0.2) is 5.96 Å². The summed E-state index contributed by atoms with van der Waals surface area (Å²) in [5.41, 5.74) is 0.0244. The molecule has 126 valence electrons. The van der Waals surface area contributed by atoms with Crippen molar-refractivity contribution in [3.63, 3.8) is 0 Å². The summed E-state index contributed by atoms with van der Waals surface area (Å²) in [4.78, 5) is 5.96. The van der Waals surface area contributed by atoms with Crippen LogP contribution < -0.4 is 10.6 Å². The first-order chi connectivity index (χ1) is 9.93. The third-order valence-electron chi connectivity index (χ3n) is 4.91. The summed E-state index contributed by atoms with van der Waals surface area (Å²) < 4.78 is 5.68. The third-order valence-corrected chi connectivity index (χ3v) is 5.77.